The molecule has 1 unspecified atom stereocenters. The molecule has 22 heavy (non-hydrogen) atoms. The van der Waals surface area contributed by atoms with Crippen LogP contribution in [-0.2, 0) is 0 Å². The van der Waals surface area contributed by atoms with E-state index in [4.69, 9.17) is 11.6 Å². The molecular formula is C17H22ClFN2O. The average Bonchev–Trinajstić information content (AvgIpc) is 2.55. The van der Waals surface area contributed by atoms with Gasteiger partial charge in [-0.25, -0.2) is 4.39 Å². The first-order chi connectivity index (χ1) is 10.6. The van der Waals surface area contributed by atoms with Crippen LogP contribution in [0.2, 0.25) is 5.02 Å². The van der Waals surface area contributed by atoms with Gasteiger partial charge >= 0.3 is 0 Å². The van der Waals surface area contributed by atoms with Crippen LogP contribution >= 0.6 is 11.6 Å². The van der Waals surface area contributed by atoms with Gasteiger partial charge in [0.2, 0.25) is 0 Å². The first kappa shape index (κ1) is 15.8. The molecule has 3 fully saturated rings. The Morgan fingerprint density at radius 3 is 2.95 bits per heavy atom. The third-order valence-electron chi connectivity index (χ3n) is 5.22. The van der Waals surface area contributed by atoms with E-state index in [1.54, 1.807) is 0 Å². The van der Waals surface area contributed by atoms with Gasteiger partial charge in [0.15, 0.2) is 0 Å². The molecule has 3 saturated heterocycles. The Labute approximate surface area is 135 Å². The summed E-state index contributed by atoms with van der Waals surface area (Å²) in [6, 6.07) is 4.51. The van der Waals surface area contributed by atoms with Crippen LogP contribution in [0.5, 0.6) is 0 Å². The minimum Gasteiger partial charge on any atom is -0.350 e. The van der Waals surface area contributed by atoms with Gasteiger partial charge in [-0.2, -0.15) is 0 Å². The number of nitrogens with one attached hydrogen (secondary N) is 1. The quantitative estimate of drug-likeness (QED) is 0.921. The second-order valence-corrected chi connectivity index (χ2v) is 6.85. The van der Waals surface area contributed by atoms with E-state index in [0.717, 1.165) is 24.9 Å². The molecule has 0 aliphatic carbocycles. The molecule has 4 rings (SSSR count). The molecule has 4 atom stereocenters. The van der Waals surface area contributed by atoms with Crippen molar-refractivity contribution in [2.24, 2.45) is 11.8 Å². The van der Waals surface area contributed by atoms with Crippen molar-refractivity contribution in [3.05, 3.63) is 34.6 Å². The van der Waals surface area contributed by atoms with Gasteiger partial charge in [0.05, 0.1) is 5.02 Å². The smallest absolute Gasteiger partial charge is 0.251 e. The van der Waals surface area contributed by atoms with E-state index in [1.165, 1.54) is 37.5 Å². The zero-order chi connectivity index (χ0) is 15.7. The molecule has 1 aromatic rings. The van der Waals surface area contributed by atoms with Gasteiger partial charge in [0.25, 0.3) is 5.91 Å². The molecule has 3 aliphatic rings. The summed E-state index contributed by atoms with van der Waals surface area (Å²) in [5.41, 5.74) is 0.411. The second kappa shape index (κ2) is 6.55. The molecule has 2 bridgehead atoms. The van der Waals surface area contributed by atoms with Gasteiger partial charge in [-0.1, -0.05) is 24.9 Å². The molecule has 3 heterocycles. The fraction of sp³-hybridized carbons (Fsp3) is 0.588. The minimum absolute atomic E-state index is 0.0149. The monoisotopic (exact) mass is 324 g/mol. The van der Waals surface area contributed by atoms with Crippen LogP contribution in [-0.4, -0.2) is 36.5 Å². The average molecular weight is 325 g/mol. The zero-order valence-electron chi connectivity index (χ0n) is 12.8. The predicted molar refractivity (Wildman–Crippen MR) is 85.6 cm³/mol. The number of halogens is 2. The van der Waals surface area contributed by atoms with E-state index in [9.17, 15) is 9.18 Å². The fourth-order valence-electron chi connectivity index (χ4n) is 3.87. The molecule has 0 saturated carbocycles. The first-order valence-corrected chi connectivity index (χ1v) is 8.43. The normalized spacial score (nSPS) is 30.3. The van der Waals surface area contributed by atoms with Crippen LogP contribution in [0.3, 0.4) is 0 Å². The zero-order valence-corrected chi connectivity index (χ0v) is 13.6. The Morgan fingerprint density at radius 2 is 2.32 bits per heavy atom. The van der Waals surface area contributed by atoms with Crippen molar-refractivity contribution in [3.8, 4) is 0 Å². The van der Waals surface area contributed by atoms with E-state index in [2.05, 4.69) is 17.1 Å². The van der Waals surface area contributed by atoms with Gasteiger partial charge in [-0.3, -0.25) is 9.69 Å². The molecule has 1 aromatic carbocycles. The third kappa shape index (κ3) is 3.13. The molecule has 0 aromatic heterocycles. The molecule has 3 aliphatic heterocycles. The van der Waals surface area contributed by atoms with Crippen molar-refractivity contribution in [1.29, 1.82) is 0 Å². The highest BCUT2D eigenvalue weighted by atomic mass is 35.5. The highest BCUT2D eigenvalue weighted by molar-refractivity contribution is 6.31. The van der Waals surface area contributed by atoms with E-state index >= 15 is 0 Å². The lowest BCUT2D eigenvalue weighted by atomic mass is 9.74. The van der Waals surface area contributed by atoms with E-state index in [1.807, 2.05) is 0 Å². The van der Waals surface area contributed by atoms with E-state index in [-0.39, 0.29) is 10.9 Å². The topological polar surface area (TPSA) is 32.3 Å². The number of amides is 1. The van der Waals surface area contributed by atoms with Crippen molar-refractivity contribution in [1.82, 2.24) is 10.2 Å². The Hall–Kier alpha value is -1.13. The van der Waals surface area contributed by atoms with Crippen molar-refractivity contribution in [2.75, 3.05) is 19.6 Å². The predicted octanol–water partition coefficient (Wildman–Crippen LogP) is 3.33. The van der Waals surface area contributed by atoms with Crippen molar-refractivity contribution in [2.45, 2.75) is 32.2 Å². The molecule has 1 N–H and O–H groups in total. The number of carbonyl (C=O) groups excluding carboxylic acids is 1. The SMILES string of the molecule is CC[C@H]1CN2CC[C@H]1C[C@@H]2CNC(=O)c1ccc(F)c(Cl)c1. The minimum atomic E-state index is -0.500. The molecule has 120 valence electrons. The highest BCUT2D eigenvalue weighted by Crippen LogP contribution is 2.37. The molecule has 0 radical (unpaired) electrons. The maximum atomic E-state index is 13.1. The Kier molecular flexibility index (Phi) is 4.69. The number of rotatable bonds is 4. The van der Waals surface area contributed by atoms with Crippen LogP contribution in [0.25, 0.3) is 0 Å². The van der Waals surface area contributed by atoms with Crippen LogP contribution in [0, 0.1) is 17.7 Å². The molecule has 1 amide bonds. The molecular weight excluding hydrogens is 303 g/mol. The number of carbonyl (C=O) groups is 1. The first-order valence-electron chi connectivity index (χ1n) is 8.05. The maximum Gasteiger partial charge on any atom is 0.251 e. The Bertz CT molecular complexity index is 566. The van der Waals surface area contributed by atoms with E-state index in [0.29, 0.717) is 18.2 Å². The molecule has 3 nitrogen and oxygen atoms in total. The van der Waals surface area contributed by atoms with Crippen molar-refractivity contribution in [3.63, 3.8) is 0 Å². The van der Waals surface area contributed by atoms with Crippen LogP contribution in [0.15, 0.2) is 18.2 Å². The number of fused-ring (bicyclic) bond motifs is 3. The molecule has 0 spiro atoms. The number of hydrogen-bond donors (Lipinski definition) is 1. The lowest BCUT2D eigenvalue weighted by molar-refractivity contribution is 0.000726. The lowest BCUT2D eigenvalue weighted by Crippen LogP contribution is -2.56. The Morgan fingerprint density at radius 1 is 1.50 bits per heavy atom. The van der Waals surface area contributed by atoms with Crippen molar-refractivity contribution >= 4 is 17.5 Å². The van der Waals surface area contributed by atoms with Crippen LogP contribution < -0.4 is 5.32 Å². The maximum absolute atomic E-state index is 13.1. The number of piperidine rings is 3. The van der Waals surface area contributed by atoms with Gasteiger partial charge in [0, 0.05) is 24.7 Å². The van der Waals surface area contributed by atoms with Crippen molar-refractivity contribution < 1.29 is 9.18 Å². The third-order valence-corrected chi connectivity index (χ3v) is 5.51. The largest absolute Gasteiger partial charge is 0.350 e. The van der Waals surface area contributed by atoms with Gasteiger partial charge in [0.1, 0.15) is 5.82 Å². The summed E-state index contributed by atoms with van der Waals surface area (Å²) in [5.74, 6) is 0.935. The summed E-state index contributed by atoms with van der Waals surface area (Å²) in [6.07, 6.45) is 3.70. The number of benzene rings is 1. The van der Waals surface area contributed by atoms with Crippen LogP contribution in [0.4, 0.5) is 4.39 Å². The molecule has 5 heteroatoms. The van der Waals surface area contributed by atoms with Gasteiger partial charge in [-0.15, -0.1) is 0 Å². The number of nitrogens with zero attached hydrogens (tertiary/aromatic N) is 1. The second-order valence-electron chi connectivity index (χ2n) is 6.44. The van der Waals surface area contributed by atoms with Crippen LogP contribution in [0.1, 0.15) is 36.5 Å². The summed E-state index contributed by atoms with van der Waals surface area (Å²) in [4.78, 5) is 14.7. The Balaban J connectivity index is 1.57. The van der Waals surface area contributed by atoms with Gasteiger partial charge < -0.3 is 5.32 Å². The van der Waals surface area contributed by atoms with Gasteiger partial charge in [-0.05, 0) is 49.4 Å². The summed E-state index contributed by atoms with van der Waals surface area (Å²) < 4.78 is 13.1. The summed E-state index contributed by atoms with van der Waals surface area (Å²) >= 11 is 5.73. The number of hydrogen-bond acceptors (Lipinski definition) is 2. The summed E-state index contributed by atoms with van der Waals surface area (Å²) in [5, 5.41) is 2.96. The summed E-state index contributed by atoms with van der Waals surface area (Å²) in [6.45, 7) is 5.22. The fourth-order valence-corrected chi connectivity index (χ4v) is 4.05. The summed E-state index contributed by atoms with van der Waals surface area (Å²) in [7, 11) is 0. The highest BCUT2D eigenvalue weighted by Gasteiger charge is 2.38. The lowest BCUT2D eigenvalue weighted by Gasteiger charge is -2.50. The van der Waals surface area contributed by atoms with E-state index < -0.39 is 5.82 Å². The standard InChI is InChI=1S/C17H22ClFN2O/c1-2-11-10-21-6-5-12(11)7-14(21)9-20-17(22)13-3-4-16(19)15(18)8-13/h3-4,8,11-12,14H,2,5-7,9-10H2,1H3,(H,20,22)/t11-,12-,14+/m0/s1.